The fourth-order valence-electron chi connectivity index (χ4n) is 2.77. The van der Waals surface area contributed by atoms with E-state index in [0.29, 0.717) is 17.4 Å². The van der Waals surface area contributed by atoms with Crippen LogP contribution in [0.3, 0.4) is 0 Å². The first-order valence-corrected chi connectivity index (χ1v) is 7.18. The van der Waals surface area contributed by atoms with Gasteiger partial charge in [0, 0.05) is 19.1 Å². The highest BCUT2D eigenvalue weighted by atomic mass is 16.4. The summed E-state index contributed by atoms with van der Waals surface area (Å²) >= 11 is 0. The zero-order valence-electron chi connectivity index (χ0n) is 13.2. The summed E-state index contributed by atoms with van der Waals surface area (Å²) in [6, 6.07) is 0.591. The van der Waals surface area contributed by atoms with Gasteiger partial charge in [0.25, 0.3) is 0 Å². The Hall–Kier alpha value is -1.89. The van der Waals surface area contributed by atoms with E-state index in [2.05, 4.69) is 39.2 Å². The highest BCUT2D eigenvalue weighted by Gasteiger charge is 2.25. The summed E-state index contributed by atoms with van der Waals surface area (Å²) in [5, 5.41) is 20.7. The molecule has 116 valence electrons. The third kappa shape index (κ3) is 3.07. The summed E-state index contributed by atoms with van der Waals surface area (Å²) in [4.78, 5) is 4.43. The Morgan fingerprint density at radius 3 is 2.43 bits per heavy atom. The normalized spacial score (nSPS) is 17.6. The molecule has 0 radical (unpaired) electrons. The first-order valence-electron chi connectivity index (χ1n) is 7.18. The number of aromatic nitrogens is 2. The third-order valence-corrected chi connectivity index (χ3v) is 4.29. The third-order valence-electron chi connectivity index (χ3n) is 4.29. The first-order chi connectivity index (χ1) is 9.95. The standard InChI is InChI=1S/C14H24N6O/c1-9-10(2)16-17-14(12(9)13(15)18-21)20-7-5-11(6-8-20)19(3)4/h11,21H,5-8H2,1-4H3,(H2,15,18). The zero-order valence-corrected chi connectivity index (χ0v) is 13.2. The molecule has 2 rings (SSSR count). The molecule has 7 heteroatoms. The van der Waals surface area contributed by atoms with Crippen LogP contribution < -0.4 is 10.6 Å². The Balaban J connectivity index is 2.31. The van der Waals surface area contributed by atoms with E-state index in [1.165, 1.54) is 0 Å². The summed E-state index contributed by atoms with van der Waals surface area (Å²) in [6.07, 6.45) is 2.13. The van der Waals surface area contributed by atoms with Gasteiger partial charge in [0.2, 0.25) is 0 Å². The minimum absolute atomic E-state index is 0.0928. The number of piperidine rings is 1. The van der Waals surface area contributed by atoms with Crippen LogP contribution in [0.5, 0.6) is 0 Å². The highest BCUT2D eigenvalue weighted by Crippen LogP contribution is 2.25. The number of anilines is 1. The Labute approximate surface area is 125 Å². The van der Waals surface area contributed by atoms with Gasteiger partial charge in [-0.3, -0.25) is 0 Å². The minimum Gasteiger partial charge on any atom is -0.409 e. The van der Waals surface area contributed by atoms with Crippen molar-refractivity contribution in [2.24, 2.45) is 10.9 Å². The molecule has 0 aromatic carbocycles. The Bertz CT molecular complexity index is 535. The molecule has 3 N–H and O–H groups in total. The van der Waals surface area contributed by atoms with Crippen molar-refractivity contribution >= 4 is 11.7 Å². The summed E-state index contributed by atoms with van der Waals surface area (Å²) in [5.41, 5.74) is 8.23. The lowest BCUT2D eigenvalue weighted by molar-refractivity contribution is 0.249. The maximum atomic E-state index is 9.03. The molecule has 2 heterocycles. The quantitative estimate of drug-likeness (QED) is 0.369. The van der Waals surface area contributed by atoms with Crippen LogP contribution in [0.25, 0.3) is 0 Å². The Morgan fingerprint density at radius 2 is 1.90 bits per heavy atom. The molecule has 1 aliphatic heterocycles. The second-order valence-electron chi connectivity index (χ2n) is 5.78. The fraction of sp³-hybridized carbons (Fsp3) is 0.643. The average Bonchev–Trinajstić information content (AvgIpc) is 2.49. The largest absolute Gasteiger partial charge is 0.409 e. The van der Waals surface area contributed by atoms with E-state index in [4.69, 9.17) is 10.9 Å². The Kier molecular flexibility index (Phi) is 4.62. The topological polar surface area (TPSA) is 90.9 Å². The van der Waals surface area contributed by atoms with E-state index in [1.807, 2.05) is 13.8 Å². The van der Waals surface area contributed by atoms with Gasteiger partial charge >= 0.3 is 0 Å². The van der Waals surface area contributed by atoms with Crippen LogP contribution in [-0.4, -0.2) is 59.4 Å². The molecule has 0 saturated carbocycles. The molecule has 0 bridgehead atoms. The molecule has 7 nitrogen and oxygen atoms in total. The van der Waals surface area contributed by atoms with E-state index in [0.717, 1.165) is 37.2 Å². The number of aryl methyl sites for hydroxylation is 1. The van der Waals surface area contributed by atoms with Gasteiger partial charge in [0.05, 0.1) is 11.3 Å². The number of nitrogens with two attached hydrogens (primary N) is 1. The molecular weight excluding hydrogens is 268 g/mol. The van der Waals surface area contributed by atoms with Crippen molar-refractivity contribution in [2.45, 2.75) is 32.7 Å². The molecular formula is C14H24N6O. The lowest BCUT2D eigenvalue weighted by Gasteiger charge is -2.36. The van der Waals surface area contributed by atoms with Gasteiger partial charge in [-0.1, -0.05) is 5.16 Å². The van der Waals surface area contributed by atoms with Gasteiger partial charge in [-0.15, -0.1) is 5.10 Å². The molecule has 21 heavy (non-hydrogen) atoms. The number of hydrogen-bond donors (Lipinski definition) is 2. The van der Waals surface area contributed by atoms with Gasteiger partial charge in [0.1, 0.15) is 0 Å². The summed E-state index contributed by atoms with van der Waals surface area (Å²) < 4.78 is 0. The van der Waals surface area contributed by atoms with E-state index >= 15 is 0 Å². The smallest absolute Gasteiger partial charge is 0.174 e. The van der Waals surface area contributed by atoms with Crippen LogP contribution in [0, 0.1) is 13.8 Å². The number of hydrogen-bond acceptors (Lipinski definition) is 6. The molecule has 1 aromatic rings. The Morgan fingerprint density at radius 1 is 1.29 bits per heavy atom. The second-order valence-corrected chi connectivity index (χ2v) is 5.78. The van der Waals surface area contributed by atoms with Crippen LogP contribution in [0.4, 0.5) is 5.82 Å². The van der Waals surface area contributed by atoms with Gasteiger partial charge in [-0.25, -0.2) is 0 Å². The van der Waals surface area contributed by atoms with Crippen LogP contribution in [0.2, 0.25) is 0 Å². The lowest BCUT2D eigenvalue weighted by atomic mass is 10.0. The summed E-state index contributed by atoms with van der Waals surface area (Å²) in [7, 11) is 4.22. The number of nitrogens with zero attached hydrogens (tertiary/aromatic N) is 5. The van der Waals surface area contributed by atoms with Crippen molar-refractivity contribution in [2.75, 3.05) is 32.1 Å². The monoisotopic (exact) mass is 292 g/mol. The van der Waals surface area contributed by atoms with Crippen molar-refractivity contribution in [3.05, 3.63) is 16.8 Å². The van der Waals surface area contributed by atoms with Crippen molar-refractivity contribution in [3.63, 3.8) is 0 Å². The van der Waals surface area contributed by atoms with E-state index in [1.54, 1.807) is 0 Å². The van der Waals surface area contributed by atoms with E-state index < -0.39 is 0 Å². The predicted molar refractivity (Wildman–Crippen MR) is 82.9 cm³/mol. The van der Waals surface area contributed by atoms with Crippen molar-refractivity contribution in [3.8, 4) is 0 Å². The first kappa shape index (κ1) is 15.5. The minimum atomic E-state index is 0.0928. The average molecular weight is 292 g/mol. The lowest BCUT2D eigenvalue weighted by Crippen LogP contribution is -2.43. The highest BCUT2D eigenvalue weighted by molar-refractivity contribution is 6.02. The number of rotatable bonds is 3. The van der Waals surface area contributed by atoms with Crippen LogP contribution in [0.1, 0.15) is 29.7 Å². The van der Waals surface area contributed by atoms with Crippen LogP contribution in [0.15, 0.2) is 5.16 Å². The maximum absolute atomic E-state index is 9.03. The van der Waals surface area contributed by atoms with Crippen molar-refractivity contribution in [1.82, 2.24) is 15.1 Å². The van der Waals surface area contributed by atoms with Gasteiger partial charge in [0.15, 0.2) is 11.7 Å². The SMILES string of the molecule is Cc1nnc(N2CCC(N(C)C)CC2)c(/C(N)=N/O)c1C. The van der Waals surface area contributed by atoms with Crippen molar-refractivity contribution in [1.29, 1.82) is 0 Å². The van der Waals surface area contributed by atoms with E-state index in [-0.39, 0.29) is 5.84 Å². The molecule has 1 aliphatic rings. The zero-order chi connectivity index (χ0) is 15.6. The maximum Gasteiger partial charge on any atom is 0.174 e. The molecule has 0 amide bonds. The van der Waals surface area contributed by atoms with Crippen LogP contribution in [-0.2, 0) is 0 Å². The van der Waals surface area contributed by atoms with Gasteiger partial charge < -0.3 is 20.7 Å². The van der Waals surface area contributed by atoms with E-state index in [9.17, 15) is 0 Å². The molecule has 0 spiro atoms. The molecule has 0 unspecified atom stereocenters. The molecule has 1 fully saturated rings. The van der Waals surface area contributed by atoms with Crippen LogP contribution >= 0.6 is 0 Å². The van der Waals surface area contributed by atoms with Gasteiger partial charge in [-0.05, 0) is 46.3 Å². The van der Waals surface area contributed by atoms with Gasteiger partial charge in [-0.2, -0.15) is 5.10 Å². The number of oxime groups is 1. The summed E-state index contributed by atoms with van der Waals surface area (Å²) in [6.45, 7) is 5.59. The molecule has 0 atom stereocenters. The number of amidine groups is 1. The predicted octanol–water partition coefficient (Wildman–Crippen LogP) is 0.718. The molecule has 1 saturated heterocycles. The fourth-order valence-corrected chi connectivity index (χ4v) is 2.77. The summed E-state index contributed by atoms with van der Waals surface area (Å²) in [5.74, 6) is 0.806. The second kappa shape index (κ2) is 6.26. The molecule has 1 aromatic heterocycles. The van der Waals surface area contributed by atoms with Crippen molar-refractivity contribution < 1.29 is 5.21 Å². The molecule has 0 aliphatic carbocycles.